The van der Waals surface area contributed by atoms with E-state index in [-0.39, 0.29) is 23.3 Å². The third-order valence-electron chi connectivity index (χ3n) is 4.10. The molecule has 0 unspecified atom stereocenters. The number of sulfone groups is 1. The highest BCUT2D eigenvalue weighted by molar-refractivity contribution is 7.91. The molecule has 4 nitrogen and oxygen atoms in total. The van der Waals surface area contributed by atoms with Crippen LogP contribution in [0, 0.1) is 5.92 Å². The molecule has 2 rings (SSSR count). The van der Waals surface area contributed by atoms with Gasteiger partial charge in [0.1, 0.15) is 5.25 Å². The van der Waals surface area contributed by atoms with Gasteiger partial charge in [-0.2, -0.15) is 0 Å². The first-order chi connectivity index (χ1) is 11.7. The van der Waals surface area contributed by atoms with Crippen LogP contribution in [0.1, 0.15) is 49.3 Å². The van der Waals surface area contributed by atoms with Gasteiger partial charge in [-0.05, 0) is 35.1 Å². The smallest absolute Gasteiger partial charge is 0.222 e. The maximum atomic E-state index is 13.1. The SMILES string of the molecule is CC(C)C(=O)NC[C@H](c1cccs1)S(=O)(=O)c1ccc(C(C)C)cc1. The predicted molar refractivity (Wildman–Crippen MR) is 103 cm³/mol. The molecule has 1 N–H and O–H groups in total. The summed E-state index contributed by atoms with van der Waals surface area (Å²) >= 11 is 1.39. The number of amides is 1. The summed E-state index contributed by atoms with van der Waals surface area (Å²) in [7, 11) is -3.59. The molecule has 1 aromatic heterocycles. The summed E-state index contributed by atoms with van der Waals surface area (Å²) in [4.78, 5) is 12.9. The van der Waals surface area contributed by atoms with Crippen LogP contribution < -0.4 is 5.32 Å². The molecule has 0 aliphatic carbocycles. The van der Waals surface area contributed by atoms with Gasteiger partial charge in [-0.15, -0.1) is 11.3 Å². The fourth-order valence-electron chi connectivity index (χ4n) is 2.44. The van der Waals surface area contributed by atoms with E-state index in [1.807, 2.05) is 23.6 Å². The van der Waals surface area contributed by atoms with Gasteiger partial charge in [-0.25, -0.2) is 8.42 Å². The Bertz CT molecular complexity index is 792. The average Bonchev–Trinajstić information content (AvgIpc) is 3.08. The zero-order chi connectivity index (χ0) is 18.6. The van der Waals surface area contributed by atoms with E-state index in [0.717, 1.165) is 10.4 Å². The molecule has 25 heavy (non-hydrogen) atoms. The van der Waals surface area contributed by atoms with E-state index in [1.54, 1.807) is 32.0 Å². The monoisotopic (exact) mass is 379 g/mol. The highest BCUT2D eigenvalue weighted by Crippen LogP contribution is 2.32. The highest BCUT2D eigenvalue weighted by Gasteiger charge is 2.30. The van der Waals surface area contributed by atoms with Gasteiger partial charge in [0.2, 0.25) is 5.91 Å². The van der Waals surface area contributed by atoms with E-state index in [1.165, 1.54) is 11.3 Å². The van der Waals surface area contributed by atoms with Gasteiger partial charge < -0.3 is 5.32 Å². The molecule has 1 atom stereocenters. The standard InChI is InChI=1S/C19H25NO3S2/c1-13(2)15-7-9-16(10-8-15)25(22,23)18(17-6-5-11-24-17)12-20-19(21)14(3)4/h5-11,13-14,18H,12H2,1-4H3,(H,20,21)/t18-/m1/s1. The maximum absolute atomic E-state index is 13.1. The summed E-state index contributed by atoms with van der Waals surface area (Å²) in [5.41, 5.74) is 1.10. The molecule has 6 heteroatoms. The fraction of sp³-hybridized carbons (Fsp3) is 0.421. The second-order valence-corrected chi connectivity index (χ2v) is 9.78. The quantitative estimate of drug-likeness (QED) is 0.786. The van der Waals surface area contributed by atoms with Crippen LogP contribution >= 0.6 is 11.3 Å². The van der Waals surface area contributed by atoms with Crippen molar-refractivity contribution < 1.29 is 13.2 Å². The van der Waals surface area contributed by atoms with E-state index in [9.17, 15) is 13.2 Å². The Kier molecular flexibility index (Phi) is 6.41. The number of thiophene rings is 1. The van der Waals surface area contributed by atoms with Gasteiger partial charge in [-0.1, -0.05) is 45.9 Å². The normalized spacial score (nSPS) is 13.2. The van der Waals surface area contributed by atoms with Crippen LogP contribution in [0.25, 0.3) is 0 Å². The number of nitrogens with one attached hydrogen (secondary N) is 1. The molecule has 0 bridgehead atoms. The molecule has 0 saturated heterocycles. The Labute approximate surface area is 154 Å². The summed E-state index contributed by atoms with van der Waals surface area (Å²) in [6.45, 7) is 7.79. The van der Waals surface area contributed by atoms with Gasteiger partial charge in [-0.3, -0.25) is 4.79 Å². The van der Waals surface area contributed by atoms with Crippen molar-refractivity contribution in [1.29, 1.82) is 0 Å². The molecule has 0 saturated carbocycles. The summed E-state index contributed by atoms with van der Waals surface area (Å²) < 4.78 is 26.3. The number of hydrogen-bond acceptors (Lipinski definition) is 4. The molecular weight excluding hydrogens is 354 g/mol. The molecule has 0 aliphatic rings. The first-order valence-corrected chi connectivity index (χ1v) is 10.8. The van der Waals surface area contributed by atoms with Crippen LogP contribution in [0.3, 0.4) is 0 Å². The van der Waals surface area contributed by atoms with Crippen molar-refractivity contribution in [2.75, 3.05) is 6.54 Å². The minimum absolute atomic E-state index is 0.0752. The molecule has 0 radical (unpaired) electrons. The predicted octanol–water partition coefficient (Wildman–Crippen LogP) is 4.16. The van der Waals surface area contributed by atoms with E-state index in [0.29, 0.717) is 5.92 Å². The van der Waals surface area contributed by atoms with Gasteiger partial charge >= 0.3 is 0 Å². The Morgan fingerprint density at radius 1 is 1.08 bits per heavy atom. The molecule has 136 valence electrons. The maximum Gasteiger partial charge on any atom is 0.222 e. The van der Waals surface area contributed by atoms with Crippen molar-refractivity contribution in [2.24, 2.45) is 5.92 Å². The average molecular weight is 380 g/mol. The molecule has 1 aromatic carbocycles. The Morgan fingerprint density at radius 3 is 2.20 bits per heavy atom. The van der Waals surface area contributed by atoms with E-state index >= 15 is 0 Å². The number of carbonyl (C=O) groups is 1. The molecule has 0 fully saturated rings. The molecule has 1 heterocycles. The van der Waals surface area contributed by atoms with Crippen molar-refractivity contribution in [1.82, 2.24) is 5.32 Å². The third-order valence-corrected chi connectivity index (χ3v) is 7.33. The van der Waals surface area contributed by atoms with Crippen LogP contribution in [-0.2, 0) is 14.6 Å². The van der Waals surface area contributed by atoms with E-state index < -0.39 is 15.1 Å². The van der Waals surface area contributed by atoms with Crippen molar-refractivity contribution in [3.63, 3.8) is 0 Å². The van der Waals surface area contributed by atoms with Crippen LogP contribution in [-0.4, -0.2) is 20.9 Å². The minimum Gasteiger partial charge on any atom is -0.354 e. The van der Waals surface area contributed by atoms with Crippen LogP contribution in [0.5, 0.6) is 0 Å². The number of hydrogen-bond donors (Lipinski definition) is 1. The van der Waals surface area contributed by atoms with Crippen molar-refractivity contribution in [2.45, 2.75) is 43.8 Å². The zero-order valence-electron chi connectivity index (χ0n) is 15.0. The third kappa shape index (κ3) is 4.70. The molecule has 1 amide bonds. The van der Waals surface area contributed by atoms with Gasteiger partial charge in [0.15, 0.2) is 9.84 Å². The second-order valence-electron chi connectivity index (χ2n) is 6.67. The lowest BCUT2D eigenvalue weighted by Crippen LogP contribution is -2.34. The van der Waals surface area contributed by atoms with Gasteiger partial charge in [0, 0.05) is 17.3 Å². The van der Waals surface area contributed by atoms with Crippen molar-refractivity contribution in [3.05, 3.63) is 52.2 Å². The lowest BCUT2D eigenvalue weighted by molar-refractivity contribution is -0.123. The van der Waals surface area contributed by atoms with E-state index in [2.05, 4.69) is 19.2 Å². The largest absolute Gasteiger partial charge is 0.354 e. The van der Waals surface area contributed by atoms with Gasteiger partial charge in [0.05, 0.1) is 4.90 Å². The Hall–Kier alpha value is -1.66. The zero-order valence-corrected chi connectivity index (χ0v) is 16.7. The van der Waals surface area contributed by atoms with E-state index in [4.69, 9.17) is 0 Å². The van der Waals surface area contributed by atoms with Crippen molar-refractivity contribution in [3.8, 4) is 0 Å². The molecule has 2 aromatic rings. The Balaban J connectivity index is 2.33. The molecule has 0 aliphatic heterocycles. The summed E-state index contributed by atoms with van der Waals surface area (Å²) in [5.74, 6) is 0.0131. The van der Waals surface area contributed by atoms with Gasteiger partial charge in [0.25, 0.3) is 0 Å². The minimum atomic E-state index is -3.59. The van der Waals surface area contributed by atoms with Crippen LogP contribution in [0.2, 0.25) is 0 Å². The fourth-order valence-corrected chi connectivity index (χ4v) is 5.23. The van der Waals surface area contributed by atoms with Crippen LogP contribution in [0.15, 0.2) is 46.7 Å². The molecule has 0 spiro atoms. The van der Waals surface area contributed by atoms with Crippen LogP contribution in [0.4, 0.5) is 0 Å². The number of benzene rings is 1. The Morgan fingerprint density at radius 2 is 1.72 bits per heavy atom. The lowest BCUT2D eigenvalue weighted by Gasteiger charge is -2.18. The lowest BCUT2D eigenvalue weighted by atomic mass is 10.0. The first kappa shape index (κ1) is 19.7. The highest BCUT2D eigenvalue weighted by atomic mass is 32.2. The number of rotatable bonds is 7. The molecular formula is C19H25NO3S2. The van der Waals surface area contributed by atoms with Crippen molar-refractivity contribution >= 4 is 27.1 Å². The topological polar surface area (TPSA) is 63.2 Å². The summed E-state index contributed by atoms with van der Waals surface area (Å²) in [6.07, 6.45) is 0. The first-order valence-electron chi connectivity index (χ1n) is 8.38. The summed E-state index contributed by atoms with van der Waals surface area (Å²) in [5, 5.41) is 3.84. The number of carbonyl (C=O) groups excluding carboxylic acids is 1. The summed E-state index contributed by atoms with van der Waals surface area (Å²) in [6, 6.07) is 10.7. The second kappa shape index (κ2) is 8.15.